The maximum atomic E-state index is 11.5. The molecule has 1 aliphatic heterocycles. The quantitative estimate of drug-likeness (QED) is 0.269. The molecule has 9 heteroatoms. The van der Waals surface area contributed by atoms with E-state index < -0.39 is 15.6 Å². The molecular formula is C20H36IN5O2S. The Balaban J connectivity index is 0.00000420. The van der Waals surface area contributed by atoms with E-state index in [0.717, 1.165) is 32.0 Å². The van der Waals surface area contributed by atoms with E-state index in [1.165, 1.54) is 11.8 Å². The van der Waals surface area contributed by atoms with Gasteiger partial charge in [0.1, 0.15) is 0 Å². The van der Waals surface area contributed by atoms with E-state index in [2.05, 4.69) is 56.4 Å². The molecule has 0 spiro atoms. The highest BCUT2D eigenvalue weighted by molar-refractivity contribution is 14.0. The summed E-state index contributed by atoms with van der Waals surface area (Å²) in [6.45, 7) is 10.9. The summed E-state index contributed by atoms with van der Waals surface area (Å²) < 4.78 is 25.7. The first-order valence-electron chi connectivity index (χ1n) is 9.90. The zero-order valence-corrected chi connectivity index (χ0v) is 21.3. The lowest BCUT2D eigenvalue weighted by Crippen LogP contribution is -2.48. The zero-order valence-electron chi connectivity index (χ0n) is 18.1. The number of aliphatic imine (C=N–C) groups is 1. The van der Waals surface area contributed by atoms with Crippen LogP contribution in [0.5, 0.6) is 0 Å². The van der Waals surface area contributed by atoms with Gasteiger partial charge >= 0.3 is 0 Å². The zero-order chi connectivity index (χ0) is 20.8. The van der Waals surface area contributed by atoms with Crippen LogP contribution in [0.2, 0.25) is 0 Å². The standard InChI is InChI=1S/C20H35N5O2S.HI/c1-6-21-19(22-15-20(3,4)24-28(5,26)27)23-18-12-16(2)25(14-18)13-17-10-8-7-9-11-17;/h7-11,16,18,24H,6,12-15H2,1-5H3,(H2,21,22,23);1H. The highest BCUT2D eigenvalue weighted by atomic mass is 127. The summed E-state index contributed by atoms with van der Waals surface area (Å²) >= 11 is 0. The fraction of sp³-hybridized carbons (Fsp3) is 0.650. The van der Waals surface area contributed by atoms with Crippen molar-refractivity contribution in [1.82, 2.24) is 20.3 Å². The van der Waals surface area contributed by atoms with Crippen LogP contribution in [0.15, 0.2) is 35.3 Å². The van der Waals surface area contributed by atoms with Crippen molar-refractivity contribution >= 4 is 40.0 Å². The van der Waals surface area contributed by atoms with Gasteiger partial charge in [-0.1, -0.05) is 30.3 Å². The summed E-state index contributed by atoms with van der Waals surface area (Å²) in [7, 11) is -3.28. The van der Waals surface area contributed by atoms with E-state index in [4.69, 9.17) is 0 Å². The fourth-order valence-electron chi connectivity index (χ4n) is 3.57. The predicted octanol–water partition coefficient (Wildman–Crippen LogP) is 2.15. The Morgan fingerprint density at radius 3 is 2.52 bits per heavy atom. The van der Waals surface area contributed by atoms with Gasteiger partial charge in [-0.2, -0.15) is 0 Å². The Labute approximate surface area is 193 Å². The van der Waals surface area contributed by atoms with E-state index >= 15 is 0 Å². The van der Waals surface area contributed by atoms with Gasteiger partial charge in [0, 0.05) is 37.3 Å². The molecule has 0 radical (unpaired) electrons. The maximum absolute atomic E-state index is 11.5. The summed E-state index contributed by atoms with van der Waals surface area (Å²) in [6, 6.07) is 11.3. The van der Waals surface area contributed by atoms with Crippen molar-refractivity contribution in [2.45, 2.75) is 58.3 Å². The number of nitrogens with zero attached hydrogens (tertiary/aromatic N) is 2. The third-order valence-electron chi connectivity index (χ3n) is 4.71. The minimum Gasteiger partial charge on any atom is -0.357 e. The van der Waals surface area contributed by atoms with Gasteiger partial charge in [-0.25, -0.2) is 13.1 Å². The number of benzene rings is 1. The van der Waals surface area contributed by atoms with Crippen molar-refractivity contribution in [2.24, 2.45) is 4.99 Å². The lowest BCUT2D eigenvalue weighted by molar-refractivity contribution is 0.258. The molecule has 0 aromatic heterocycles. The first kappa shape index (κ1) is 26.1. The van der Waals surface area contributed by atoms with E-state index in [9.17, 15) is 8.42 Å². The largest absolute Gasteiger partial charge is 0.357 e. The van der Waals surface area contributed by atoms with Gasteiger partial charge < -0.3 is 10.6 Å². The second-order valence-electron chi connectivity index (χ2n) is 8.29. The summed E-state index contributed by atoms with van der Waals surface area (Å²) in [6.07, 6.45) is 2.21. The van der Waals surface area contributed by atoms with Crippen molar-refractivity contribution in [3.63, 3.8) is 0 Å². The number of rotatable bonds is 8. The smallest absolute Gasteiger partial charge is 0.209 e. The van der Waals surface area contributed by atoms with E-state index in [0.29, 0.717) is 18.6 Å². The minimum absolute atomic E-state index is 0. The average molecular weight is 538 g/mol. The molecule has 166 valence electrons. The second kappa shape index (κ2) is 11.5. The number of hydrogen-bond acceptors (Lipinski definition) is 4. The number of nitrogens with one attached hydrogen (secondary N) is 3. The highest BCUT2D eigenvalue weighted by Gasteiger charge is 2.29. The minimum atomic E-state index is -3.28. The number of sulfonamides is 1. The predicted molar refractivity (Wildman–Crippen MR) is 131 cm³/mol. The van der Waals surface area contributed by atoms with Gasteiger partial charge in [-0.3, -0.25) is 9.89 Å². The Hall–Kier alpha value is -0.910. The van der Waals surface area contributed by atoms with Crippen molar-refractivity contribution < 1.29 is 8.42 Å². The molecule has 0 saturated carbocycles. The van der Waals surface area contributed by atoms with Crippen LogP contribution in [-0.2, 0) is 16.6 Å². The lowest BCUT2D eigenvalue weighted by atomic mass is 10.1. The number of hydrogen-bond donors (Lipinski definition) is 3. The normalized spacial score (nSPS) is 20.9. The van der Waals surface area contributed by atoms with E-state index in [-0.39, 0.29) is 24.0 Å². The maximum Gasteiger partial charge on any atom is 0.209 e. The first-order chi connectivity index (χ1) is 13.1. The van der Waals surface area contributed by atoms with E-state index in [1.54, 1.807) is 0 Å². The SMILES string of the molecule is CCNC(=NCC(C)(C)NS(C)(=O)=O)NC1CC(C)N(Cc2ccccc2)C1.I. The first-order valence-corrected chi connectivity index (χ1v) is 11.8. The van der Waals surface area contributed by atoms with Crippen LogP contribution in [0.1, 0.15) is 39.7 Å². The number of guanidine groups is 1. The molecule has 0 bridgehead atoms. The fourth-order valence-corrected chi connectivity index (χ4v) is 4.63. The van der Waals surface area contributed by atoms with Gasteiger partial charge in [-0.15, -0.1) is 24.0 Å². The molecule has 1 fully saturated rings. The summed E-state index contributed by atoms with van der Waals surface area (Å²) in [5.74, 6) is 0.727. The van der Waals surface area contributed by atoms with Crippen LogP contribution >= 0.6 is 24.0 Å². The monoisotopic (exact) mass is 537 g/mol. The van der Waals surface area contributed by atoms with Crippen LogP contribution < -0.4 is 15.4 Å². The third-order valence-corrected chi connectivity index (χ3v) is 5.63. The topological polar surface area (TPSA) is 85.8 Å². The highest BCUT2D eigenvalue weighted by Crippen LogP contribution is 2.20. The van der Waals surface area contributed by atoms with E-state index in [1.807, 2.05) is 26.8 Å². The molecule has 2 atom stereocenters. The van der Waals surface area contributed by atoms with Crippen molar-refractivity contribution in [3.05, 3.63) is 35.9 Å². The molecule has 2 rings (SSSR count). The van der Waals surface area contributed by atoms with Crippen molar-refractivity contribution in [3.8, 4) is 0 Å². The van der Waals surface area contributed by atoms with Crippen LogP contribution in [0, 0.1) is 0 Å². The molecule has 3 N–H and O–H groups in total. The Morgan fingerprint density at radius 2 is 1.93 bits per heavy atom. The van der Waals surface area contributed by atoms with Crippen molar-refractivity contribution in [2.75, 3.05) is 25.9 Å². The molecule has 1 heterocycles. The summed E-state index contributed by atoms with van der Waals surface area (Å²) in [4.78, 5) is 7.09. The molecule has 7 nitrogen and oxygen atoms in total. The van der Waals surface area contributed by atoms with Gasteiger partial charge in [0.25, 0.3) is 0 Å². The summed E-state index contributed by atoms with van der Waals surface area (Å²) in [5, 5.41) is 6.79. The number of likely N-dealkylation sites (tertiary alicyclic amines) is 1. The molecular weight excluding hydrogens is 501 g/mol. The molecule has 2 unspecified atom stereocenters. The number of halogens is 1. The summed E-state index contributed by atoms with van der Waals surface area (Å²) in [5.41, 5.74) is 0.683. The third kappa shape index (κ3) is 9.63. The Bertz CT molecular complexity index is 755. The Morgan fingerprint density at radius 1 is 1.28 bits per heavy atom. The second-order valence-corrected chi connectivity index (χ2v) is 10.0. The average Bonchev–Trinajstić information content (AvgIpc) is 2.91. The molecule has 1 aromatic rings. The van der Waals surface area contributed by atoms with Gasteiger partial charge in [0.15, 0.2) is 5.96 Å². The molecule has 0 aliphatic carbocycles. The van der Waals surface area contributed by atoms with Crippen LogP contribution in [-0.4, -0.2) is 62.8 Å². The van der Waals surface area contributed by atoms with Crippen LogP contribution in [0.4, 0.5) is 0 Å². The van der Waals surface area contributed by atoms with Crippen LogP contribution in [0.25, 0.3) is 0 Å². The lowest BCUT2D eigenvalue weighted by Gasteiger charge is -2.24. The Kier molecular flexibility index (Phi) is 10.3. The van der Waals surface area contributed by atoms with Gasteiger partial charge in [0.05, 0.1) is 12.8 Å². The molecule has 1 aromatic carbocycles. The molecule has 1 aliphatic rings. The molecule has 0 amide bonds. The van der Waals surface area contributed by atoms with Gasteiger partial charge in [0.2, 0.25) is 10.0 Å². The van der Waals surface area contributed by atoms with Crippen LogP contribution in [0.3, 0.4) is 0 Å². The molecule has 1 saturated heterocycles. The van der Waals surface area contributed by atoms with Gasteiger partial charge in [-0.05, 0) is 39.7 Å². The van der Waals surface area contributed by atoms with Crippen molar-refractivity contribution in [1.29, 1.82) is 0 Å². The molecule has 29 heavy (non-hydrogen) atoms.